The molecule has 18 heavy (non-hydrogen) atoms. The van der Waals surface area contributed by atoms with Gasteiger partial charge in [0.1, 0.15) is 0 Å². The average molecular weight is 267 g/mol. The third kappa shape index (κ3) is 3.07. The van der Waals surface area contributed by atoms with Gasteiger partial charge in [0.15, 0.2) is 5.96 Å². The highest BCUT2D eigenvalue weighted by Gasteiger charge is 2.18. The molecule has 0 amide bonds. The van der Waals surface area contributed by atoms with Crippen LogP contribution in [0.15, 0.2) is 29.3 Å². The summed E-state index contributed by atoms with van der Waals surface area (Å²) in [5.41, 5.74) is 7.08. The fourth-order valence-corrected chi connectivity index (χ4v) is 2.31. The van der Waals surface area contributed by atoms with Crippen LogP contribution in [0, 0.1) is 0 Å². The lowest BCUT2D eigenvalue weighted by molar-refractivity contribution is 0.381. The van der Waals surface area contributed by atoms with Gasteiger partial charge < -0.3 is 15.5 Å². The Morgan fingerprint density at radius 2 is 2.06 bits per heavy atom. The van der Waals surface area contributed by atoms with Crippen LogP contribution in [0.2, 0.25) is 5.02 Å². The van der Waals surface area contributed by atoms with Gasteiger partial charge in [-0.1, -0.05) is 17.7 Å². The molecule has 0 aromatic heterocycles. The zero-order valence-corrected chi connectivity index (χ0v) is 11.4. The number of piperazine rings is 1. The van der Waals surface area contributed by atoms with E-state index < -0.39 is 0 Å². The second-order valence-corrected chi connectivity index (χ2v) is 4.72. The molecule has 0 saturated carbocycles. The third-order valence-electron chi connectivity index (χ3n) is 3.10. The third-order valence-corrected chi connectivity index (χ3v) is 3.33. The normalized spacial score (nSPS) is 17.1. The predicted octanol–water partition coefficient (Wildman–Crippen LogP) is 1.80. The molecule has 1 aromatic carbocycles. The van der Waals surface area contributed by atoms with E-state index in [-0.39, 0.29) is 0 Å². The molecule has 4 nitrogen and oxygen atoms in total. The van der Waals surface area contributed by atoms with Crippen LogP contribution in [0.4, 0.5) is 5.69 Å². The van der Waals surface area contributed by atoms with E-state index in [1.807, 2.05) is 25.1 Å². The molecule has 0 spiro atoms. The molecule has 0 bridgehead atoms. The number of benzene rings is 1. The van der Waals surface area contributed by atoms with Gasteiger partial charge in [0.05, 0.1) is 0 Å². The number of nitrogens with zero attached hydrogens (tertiary/aromatic N) is 3. The molecule has 2 rings (SSSR count). The van der Waals surface area contributed by atoms with Crippen LogP contribution in [0.25, 0.3) is 0 Å². The van der Waals surface area contributed by atoms with Crippen molar-refractivity contribution in [3.63, 3.8) is 0 Å². The van der Waals surface area contributed by atoms with Crippen molar-refractivity contribution in [2.24, 2.45) is 10.7 Å². The van der Waals surface area contributed by atoms with Gasteiger partial charge in [0.25, 0.3) is 0 Å². The maximum Gasteiger partial charge on any atom is 0.191 e. The summed E-state index contributed by atoms with van der Waals surface area (Å²) in [6.07, 6.45) is 0. The second kappa shape index (κ2) is 5.96. The first-order valence-electron chi connectivity index (χ1n) is 6.26. The fraction of sp³-hybridized carbons (Fsp3) is 0.462. The highest BCUT2D eigenvalue weighted by molar-refractivity contribution is 6.30. The number of anilines is 1. The Balaban J connectivity index is 1.96. The standard InChI is InChI=1S/C13H19ClN4/c1-2-16-13(15)18-8-6-17(7-9-18)12-5-3-4-11(14)10-12/h3-5,10H,2,6-9H2,1H3,(H2,15,16). The first kappa shape index (κ1) is 13.0. The number of rotatable bonds is 2. The molecule has 1 fully saturated rings. The van der Waals surface area contributed by atoms with E-state index in [1.54, 1.807) is 0 Å². The summed E-state index contributed by atoms with van der Waals surface area (Å²) in [4.78, 5) is 8.69. The Morgan fingerprint density at radius 3 is 2.67 bits per heavy atom. The highest BCUT2D eigenvalue weighted by Crippen LogP contribution is 2.20. The highest BCUT2D eigenvalue weighted by atomic mass is 35.5. The monoisotopic (exact) mass is 266 g/mol. The van der Waals surface area contributed by atoms with Crippen molar-refractivity contribution in [3.8, 4) is 0 Å². The summed E-state index contributed by atoms with van der Waals surface area (Å²) in [5, 5.41) is 0.780. The minimum absolute atomic E-state index is 0.656. The lowest BCUT2D eigenvalue weighted by Gasteiger charge is -2.36. The number of nitrogens with two attached hydrogens (primary N) is 1. The van der Waals surface area contributed by atoms with Gasteiger partial charge in [-0.15, -0.1) is 0 Å². The van der Waals surface area contributed by atoms with Crippen molar-refractivity contribution < 1.29 is 0 Å². The van der Waals surface area contributed by atoms with Gasteiger partial charge in [0, 0.05) is 43.4 Å². The SMILES string of the molecule is CCN=C(N)N1CCN(c2cccc(Cl)c2)CC1. The summed E-state index contributed by atoms with van der Waals surface area (Å²) in [5.74, 6) is 0.656. The van der Waals surface area contributed by atoms with Crippen molar-refractivity contribution >= 4 is 23.2 Å². The first-order chi connectivity index (χ1) is 8.70. The van der Waals surface area contributed by atoms with Crippen molar-refractivity contribution in [3.05, 3.63) is 29.3 Å². The molecule has 0 radical (unpaired) electrons. The molecule has 0 unspecified atom stereocenters. The van der Waals surface area contributed by atoms with Crippen molar-refractivity contribution in [2.45, 2.75) is 6.92 Å². The number of guanidine groups is 1. The number of hydrogen-bond acceptors (Lipinski definition) is 2. The van der Waals surface area contributed by atoms with Crippen LogP contribution in [0.1, 0.15) is 6.92 Å². The maximum absolute atomic E-state index is 6.01. The maximum atomic E-state index is 6.01. The predicted molar refractivity (Wildman–Crippen MR) is 77.4 cm³/mol. The number of hydrogen-bond donors (Lipinski definition) is 1. The minimum Gasteiger partial charge on any atom is -0.370 e. The van der Waals surface area contributed by atoms with Crippen molar-refractivity contribution in [1.29, 1.82) is 0 Å². The molecule has 2 N–H and O–H groups in total. The topological polar surface area (TPSA) is 44.9 Å². The lowest BCUT2D eigenvalue weighted by Crippen LogP contribution is -2.51. The van der Waals surface area contributed by atoms with Crippen LogP contribution in [0.3, 0.4) is 0 Å². The fourth-order valence-electron chi connectivity index (χ4n) is 2.13. The summed E-state index contributed by atoms with van der Waals surface area (Å²) in [7, 11) is 0. The van der Waals surface area contributed by atoms with Crippen LogP contribution in [-0.2, 0) is 0 Å². The zero-order chi connectivity index (χ0) is 13.0. The quantitative estimate of drug-likeness (QED) is 0.656. The Hall–Kier alpha value is -1.42. The van der Waals surface area contributed by atoms with E-state index in [9.17, 15) is 0 Å². The minimum atomic E-state index is 0.656. The van der Waals surface area contributed by atoms with E-state index in [0.717, 1.165) is 37.7 Å². The molecular formula is C13H19ClN4. The molecule has 1 aromatic rings. The Kier molecular flexibility index (Phi) is 4.31. The Labute approximate surface area is 113 Å². The summed E-state index contributed by atoms with van der Waals surface area (Å²) >= 11 is 6.01. The molecule has 98 valence electrons. The summed E-state index contributed by atoms with van der Waals surface area (Å²) in [6, 6.07) is 7.97. The number of halogens is 1. The molecule has 1 heterocycles. The molecule has 5 heteroatoms. The van der Waals surface area contributed by atoms with E-state index in [2.05, 4.69) is 20.9 Å². The van der Waals surface area contributed by atoms with Crippen LogP contribution in [0.5, 0.6) is 0 Å². The molecular weight excluding hydrogens is 248 g/mol. The Bertz CT molecular complexity index is 425. The molecule has 1 aliphatic heterocycles. The van der Waals surface area contributed by atoms with Gasteiger partial charge in [-0.2, -0.15) is 0 Å². The van der Waals surface area contributed by atoms with Gasteiger partial charge in [0.2, 0.25) is 0 Å². The largest absolute Gasteiger partial charge is 0.370 e. The van der Waals surface area contributed by atoms with Crippen molar-refractivity contribution in [2.75, 3.05) is 37.6 Å². The van der Waals surface area contributed by atoms with Gasteiger partial charge in [-0.25, -0.2) is 0 Å². The Morgan fingerprint density at radius 1 is 1.33 bits per heavy atom. The smallest absolute Gasteiger partial charge is 0.191 e. The van der Waals surface area contributed by atoms with E-state index >= 15 is 0 Å². The zero-order valence-electron chi connectivity index (χ0n) is 10.6. The van der Waals surface area contributed by atoms with E-state index in [4.69, 9.17) is 17.3 Å². The van der Waals surface area contributed by atoms with E-state index in [0.29, 0.717) is 5.96 Å². The lowest BCUT2D eigenvalue weighted by atomic mass is 10.2. The molecule has 0 atom stereocenters. The van der Waals surface area contributed by atoms with Gasteiger partial charge >= 0.3 is 0 Å². The molecule has 1 aliphatic rings. The van der Waals surface area contributed by atoms with Gasteiger partial charge in [-0.05, 0) is 25.1 Å². The van der Waals surface area contributed by atoms with Gasteiger partial charge in [-0.3, -0.25) is 4.99 Å². The van der Waals surface area contributed by atoms with Crippen LogP contribution >= 0.6 is 11.6 Å². The molecule has 1 saturated heterocycles. The number of aliphatic imine (C=N–C) groups is 1. The van der Waals surface area contributed by atoms with E-state index in [1.165, 1.54) is 5.69 Å². The first-order valence-corrected chi connectivity index (χ1v) is 6.64. The summed E-state index contributed by atoms with van der Waals surface area (Å²) < 4.78 is 0. The van der Waals surface area contributed by atoms with Crippen LogP contribution < -0.4 is 10.6 Å². The van der Waals surface area contributed by atoms with Crippen LogP contribution in [-0.4, -0.2) is 43.6 Å². The second-order valence-electron chi connectivity index (χ2n) is 4.29. The summed E-state index contributed by atoms with van der Waals surface area (Å²) in [6.45, 7) is 6.43. The van der Waals surface area contributed by atoms with Crippen molar-refractivity contribution in [1.82, 2.24) is 4.90 Å². The molecule has 0 aliphatic carbocycles. The average Bonchev–Trinajstić information content (AvgIpc) is 2.39.